The molecule has 1 amide bonds. The van der Waals surface area contributed by atoms with Crippen molar-refractivity contribution >= 4 is 24.1 Å². The highest BCUT2D eigenvalue weighted by atomic mass is 32.2. The van der Waals surface area contributed by atoms with Crippen LogP contribution in [-0.2, 0) is 9.53 Å². The summed E-state index contributed by atoms with van der Waals surface area (Å²) in [5.41, 5.74) is 0. The molecule has 0 aliphatic rings. The smallest absolute Gasteiger partial charge is 0.407 e. The fourth-order valence-electron chi connectivity index (χ4n) is 0.539. The second-order valence-electron chi connectivity index (χ2n) is 1.89. The van der Waals surface area contributed by atoms with Crippen LogP contribution in [0.2, 0.25) is 0 Å². The van der Waals surface area contributed by atoms with E-state index in [0.29, 0.717) is 18.9 Å². The minimum absolute atomic E-state index is 0.382. The number of carbonyl (C=O) groups is 2. The molecule has 0 aromatic rings. The van der Waals surface area contributed by atoms with Gasteiger partial charge in [0.15, 0.2) is 0 Å². The lowest BCUT2D eigenvalue weighted by molar-refractivity contribution is -0.105. The lowest BCUT2D eigenvalue weighted by Gasteiger charge is -2.03. The first kappa shape index (κ1) is 11.3. The van der Waals surface area contributed by atoms with Crippen molar-refractivity contribution in [2.24, 2.45) is 0 Å². The standard InChI is InChI=1S/C7H13NO3S/c1-2-11-7(10)8-3-5-12-6-4-9/h4H,2-3,5-6H2,1H3,(H,8,10). The minimum atomic E-state index is -0.399. The Hall–Kier alpha value is -0.710. The molecule has 0 fully saturated rings. The highest BCUT2D eigenvalue weighted by Crippen LogP contribution is 1.94. The summed E-state index contributed by atoms with van der Waals surface area (Å²) >= 11 is 1.47. The predicted molar refractivity (Wildman–Crippen MR) is 48.4 cm³/mol. The molecule has 0 aromatic carbocycles. The number of nitrogens with one attached hydrogen (secondary N) is 1. The molecule has 4 nitrogen and oxygen atoms in total. The van der Waals surface area contributed by atoms with Crippen LogP contribution in [0.3, 0.4) is 0 Å². The SMILES string of the molecule is CCOC(=O)NCCSCC=O. The Morgan fingerprint density at radius 1 is 1.67 bits per heavy atom. The first-order chi connectivity index (χ1) is 5.81. The van der Waals surface area contributed by atoms with Crippen LogP contribution in [0, 0.1) is 0 Å². The molecular weight excluding hydrogens is 178 g/mol. The lowest BCUT2D eigenvalue weighted by Crippen LogP contribution is -2.26. The third-order valence-electron chi connectivity index (χ3n) is 0.977. The normalized spacial score (nSPS) is 9.08. The van der Waals surface area contributed by atoms with Crippen LogP contribution in [-0.4, -0.2) is 37.0 Å². The quantitative estimate of drug-likeness (QED) is 0.495. The number of thioether (sulfide) groups is 1. The molecule has 0 aliphatic carbocycles. The number of alkyl carbamates (subject to hydrolysis) is 1. The Kier molecular flexibility index (Phi) is 7.89. The maximum atomic E-state index is 10.7. The summed E-state index contributed by atoms with van der Waals surface area (Å²) in [5, 5.41) is 2.54. The van der Waals surface area contributed by atoms with Crippen molar-refractivity contribution in [3.63, 3.8) is 0 Å². The van der Waals surface area contributed by atoms with E-state index >= 15 is 0 Å². The van der Waals surface area contributed by atoms with Gasteiger partial charge in [0.2, 0.25) is 0 Å². The number of aldehydes is 1. The zero-order valence-corrected chi connectivity index (χ0v) is 7.86. The van der Waals surface area contributed by atoms with Gasteiger partial charge in [-0.1, -0.05) is 0 Å². The largest absolute Gasteiger partial charge is 0.450 e. The van der Waals surface area contributed by atoms with Crippen LogP contribution in [0.5, 0.6) is 0 Å². The summed E-state index contributed by atoms with van der Waals surface area (Å²) in [4.78, 5) is 20.5. The number of carbonyl (C=O) groups excluding carboxylic acids is 2. The first-order valence-electron chi connectivity index (χ1n) is 3.73. The van der Waals surface area contributed by atoms with Crippen molar-refractivity contribution in [2.75, 3.05) is 24.7 Å². The molecule has 0 aromatic heterocycles. The molecule has 0 saturated carbocycles. The first-order valence-corrected chi connectivity index (χ1v) is 4.88. The van der Waals surface area contributed by atoms with E-state index in [1.165, 1.54) is 11.8 Å². The molecule has 0 unspecified atom stereocenters. The summed E-state index contributed by atoms with van der Waals surface area (Å²) in [6.45, 7) is 2.67. The average molecular weight is 191 g/mol. The molecule has 0 atom stereocenters. The van der Waals surface area contributed by atoms with Gasteiger partial charge in [-0.2, -0.15) is 11.8 Å². The molecule has 0 radical (unpaired) electrons. The minimum Gasteiger partial charge on any atom is -0.450 e. The van der Waals surface area contributed by atoms with Crippen LogP contribution in [0.25, 0.3) is 0 Å². The third kappa shape index (κ3) is 7.40. The van der Waals surface area contributed by atoms with Gasteiger partial charge in [-0.25, -0.2) is 4.79 Å². The molecule has 0 saturated heterocycles. The van der Waals surface area contributed by atoms with Crippen molar-refractivity contribution in [2.45, 2.75) is 6.92 Å². The zero-order chi connectivity index (χ0) is 9.23. The lowest BCUT2D eigenvalue weighted by atomic mass is 10.7. The average Bonchev–Trinajstić information content (AvgIpc) is 2.05. The van der Waals surface area contributed by atoms with Crippen LogP contribution in [0.15, 0.2) is 0 Å². The predicted octanol–water partition coefficient (Wildman–Crippen LogP) is 0.665. The van der Waals surface area contributed by atoms with Crippen LogP contribution < -0.4 is 5.32 Å². The maximum Gasteiger partial charge on any atom is 0.407 e. The van der Waals surface area contributed by atoms with E-state index in [1.54, 1.807) is 6.92 Å². The van der Waals surface area contributed by atoms with E-state index in [2.05, 4.69) is 10.1 Å². The van der Waals surface area contributed by atoms with Gasteiger partial charge in [0.25, 0.3) is 0 Å². The summed E-state index contributed by atoms with van der Waals surface area (Å²) < 4.78 is 4.62. The molecule has 1 N–H and O–H groups in total. The molecule has 0 bridgehead atoms. The summed E-state index contributed by atoms with van der Waals surface area (Å²) in [7, 11) is 0. The van der Waals surface area contributed by atoms with Crippen molar-refractivity contribution in [3.05, 3.63) is 0 Å². The fourth-order valence-corrected chi connectivity index (χ4v) is 1.05. The Morgan fingerprint density at radius 2 is 2.42 bits per heavy atom. The number of rotatable bonds is 6. The van der Waals surface area contributed by atoms with Crippen LogP contribution in [0.1, 0.15) is 6.92 Å². The van der Waals surface area contributed by atoms with Gasteiger partial charge in [0.1, 0.15) is 6.29 Å². The van der Waals surface area contributed by atoms with Crippen molar-refractivity contribution in [3.8, 4) is 0 Å². The van der Waals surface area contributed by atoms with Crippen molar-refractivity contribution < 1.29 is 14.3 Å². The monoisotopic (exact) mass is 191 g/mol. The Morgan fingerprint density at radius 3 is 3.00 bits per heavy atom. The molecule has 12 heavy (non-hydrogen) atoms. The van der Waals surface area contributed by atoms with Gasteiger partial charge in [-0.05, 0) is 6.92 Å². The van der Waals surface area contributed by atoms with Gasteiger partial charge in [0.05, 0.1) is 6.61 Å². The van der Waals surface area contributed by atoms with Gasteiger partial charge in [-0.15, -0.1) is 0 Å². The van der Waals surface area contributed by atoms with Gasteiger partial charge < -0.3 is 14.8 Å². The highest BCUT2D eigenvalue weighted by Gasteiger charge is 1.97. The molecule has 0 aliphatic heterocycles. The van der Waals surface area contributed by atoms with Gasteiger partial charge >= 0.3 is 6.09 Å². The zero-order valence-electron chi connectivity index (χ0n) is 7.04. The highest BCUT2D eigenvalue weighted by molar-refractivity contribution is 7.99. The van der Waals surface area contributed by atoms with E-state index < -0.39 is 6.09 Å². The number of amides is 1. The Labute approximate surface area is 76.0 Å². The van der Waals surface area contributed by atoms with Gasteiger partial charge in [0, 0.05) is 18.1 Å². The molecule has 0 spiro atoms. The van der Waals surface area contributed by atoms with Crippen LogP contribution in [0.4, 0.5) is 4.79 Å². The van der Waals surface area contributed by atoms with E-state index in [1.807, 2.05) is 0 Å². The van der Waals surface area contributed by atoms with Crippen molar-refractivity contribution in [1.29, 1.82) is 0 Å². The number of hydrogen-bond donors (Lipinski definition) is 1. The van der Waals surface area contributed by atoms with E-state index in [4.69, 9.17) is 0 Å². The van der Waals surface area contributed by atoms with E-state index in [0.717, 1.165) is 12.0 Å². The molecule has 5 heteroatoms. The second-order valence-corrected chi connectivity index (χ2v) is 3.04. The second kappa shape index (κ2) is 8.39. The Balaban J connectivity index is 3.08. The summed E-state index contributed by atoms with van der Waals surface area (Å²) in [5.74, 6) is 1.21. The molecular formula is C7H13NO3S. The molecule has 0 heterocycles. The fraction of sp³-hybridized carbons (Fsp3) is 0.714. The Bertz CT molecular complexity index is 141. The summed E-state index contributed by atoms with van der Waals surface area (Å²) in [6.07, 6.45) is 0.443. The molecule has 70 valence electrons. The van der Waals surface area contributed by atoms with Crippen molar-refractivity contribution in [1.82, 2.24) is 5.32 Å². The summed E-state index contributed by atoms with van der Waals surface area (Å²) in [6, 6.07) is 0. The molecule has 0 rings (SSSR count). The van der Waals surface area contributed by atoms with Gasteiger partial charge in [-0.3, -0.25) is 0 Å². The third-order valence-corrected chi connectivity index (χ3v) is 1.84. The number of hydrogen-bond acceptors (Lipinski definition) is 4. The van der Waals surface area contributed by atoms with Crippen LogP contribution >= 0.6 is 11.8 Å². The number of ether oxygens (including phenoxy) is 1. The topological polar surface area (TPSA) is 55.4 Å². The van der Waals surface area contributed by atoms with E-state index in [-0.39, 0.29) is 0 Å². The van der Waals surface area contributed by atoms with E-state index in [9.17, 15) is 9.59 Å². The maximum absolute atomic E-state index is 10.7.